The molecule has 3 aromatic rings. The fourth-order valence-corrected chi connectivity index (χ4v) is 2.64. The Bertz CT molecular complexity index is 1110. The van der Waals surface area contributed by atoms with Crippen LogP contribution in [0.15, 0.2) is 67.0 Å². The van der Waals surface area contributed by atoms with Gasteiger partial charge in [-0.1, -0.05) is 0 Å². The second-order valence-corrected chi connectivity index (χ2v) is 6.25. The minimum atomic E-state index is -4.78. The quantitative estimate of drug-likeness (QED) is 0.357. The van der Waals surface area contributed by atoms with E-state index in [0.29, 0.717) is 12.1 Å². The van der Waals surface area contributed by atoms with Crippen LogP contribution in [0.5, 0.6) is 0 Å². The van der Waals surface area contributed by atoms with Crippen molar-refractivity contribution in [2.75, 3.05) is 11.9 Å². The molecular weight excluding hydrogens is 419 g/mol. The fraction of sp³-hybridized carbons (Fsp3) is 0.100. The van der Waals surface area contributed by atoms with Gasteiger partial charge in [-0.15, -0.1) is 0 Å². The van der Waals surface area contributed by atoms with Crippen LogP contribution in [0, 0.1) is 10.1 Å². The molecule has 0 aliphatic carbocycles. The minimum absolute atomic E-state index is 0.171. The number of anilines is 1. The molecule has 0 bridgehead atoms. The van der Waals surface area contributed by atoms with Gasteiger partial charge in [0, 0.05) is 24.1 Å². The molecule has 1 N–H and O–H groups in total. The van der Waals surface area contributed by atoms with Gasteiger partial charge in [0.2, 0.25) is 0 Å². The Morgan fingerprint density at radius 3 is 2.29 bits per heavy atom. The lowest BCUT2D eigenvalue weighted by atomic mass is 10.1. The Hall–Kier alpha value is -4.15. The summed E-state index contributed by atoms with van der Waals surface area (Å²) in [4.78, 5) is 34.1. The predicted molar refractivity (Wildman–Crippen MR) is 103 cm³/mol. The zero-order chi connectivity index (χ0) is 22.6. The van der Waals surface area contributed by atoms with E-state index in [2.05, 4.69) is 5.32 Å². The maximum Gasteiger partial charge on any atom is 0.416 e. The summed E-state index contributed by atoms with van der Waals surface area (Å²) in [7, 11) is 0. The second kappa shape index (κ2) is 8.69. The van der Waals surface area contributed by atoms with Crippen molar-refractivity contribution in [3.63, 3.8) is 0 Å². The smallest absolute Gasteiger partial charge is 0.416 e. The number of hydrogen-bond donors (Lipinski definition) is 1. The molecule has 1 amide bonds. The average molecular weight is 433 g/mol. The number of halogens is 3. The van der Waals surface area contributed by atoms with Crippen LogP contribution in [0.4, 0.5) is 24.5 Å². The third-order valence-corrected chi connectivity index (χ3v) is 4.14. The standard InChI is InChI=1S/C20H14F3N3O5/c21-20(22,23)14-5-8-16(17(11-14)26(29)30)24-18(27)12-31-19(28)13-3-6-15(7-4-13)25-9-1-2-10-25/h1-11H,12H2,(H,24,27). The largest absolute Gasteiger partial charge is 0.452 e. The highest BCUT2D eigenvalue weighted by molar-refractivity contribution is 5.96. The third kappa shape index (κ3) is 5.26. The number of nitro benzene ring substituents is 1. The summed E-state index contributed by atoms with van der Waals surface area (Å²) < 4.78 is 44.9. The van der Waals surface area contributed by atoms with Crippen molar-refractivity contribution >= 4 is 23.3 Å². The SMILES string of the molecule is O=C(COC(=O)c1ccc(-n2cccc2)cc1)Nc1ccc(C(F)(F)F)cc1[N+](=O)[O-]. The maximum atomic E-state index is 12.7. The molecule has 0 fully saturated rings. The number of aromatic nitrogens is 1. The molecule has 3 rings (SSSR count). The second-order valence-electron chi connectivity index (χ2n) is 6.25. The molecule has 160 valence electrons. The molecule has 0 unspecified atom stereocenters. The third-order valence-electron chi connectivity index (χ3n) is 4.14. The zero-order valence-electron chi connectivity index (χ0n) is 15.6. The number of amides is 1. The molecule has 0 radical (unpaired) electrons. The van der Waals surface area contributed by atoms with E-state index in [-0.39, 0.29) is 5.56 Å². The number of nitro groups is 1. The number of hydrogen-bond acceptors (Lipinski definition) is 5. The summed E-state index contributed by atoms with van der Waals surface area (Å²) in [5.41, 5.74) is -1.64. The van der Waals surface area contributed by atoms with E-state index in [1.165, 1.54) is 12.1 Å². The van der Waals surface area contributed by atoms with Crippen LogP contribution in [-0.2, 0) is 15.7 Å². The summed E-state index contributed by atoms with van der Waals surface area (Å²) in [5.74, 6) is -1.75. The number of carbonyl (C=O) groups excluding carboxylic acids is 2. The Balaban J connectivity index is 1.62. The average Bonchev–Trinajstić information content (AvgIpc) is 3.26. The Kier molecular flexibility index (Phi) is 6.05. The monoisotopic (exact) mass is 433 g/mol. The van der Waals surface area contributed by atoms with E-state index in [4.69, 9.17) is 4.74 Å². The highest BCUT2D eigenvalue weighted by Gasteiger charge is 2.33. The number of carbonyl (C=O) groups is 2. The summed E-state index contributed by atoms with van der Waals surface area (Å²) >= 11 is 0. The van der Waals surface area contributed by atoms with Crippen molar-refractivity contribution in [2.45, 2.75) is 6.18 Å². The highest BCUT2D eigenvalue weighted by atomic mass is 19.4. The first-order valence-electron chi connectivity index (χ1n) is 8.71. The van der Waals surface area contributed by atoms with Gasteiger partial charge >= 0.3 is 12.1 Å². The molecule has 1 aromatic heterocycles. The van der Waals surface area contributed by atoms with Gasteiger partial charge in [-0.25, -0.2) is 4.79 Å². The molecule has 0 spiro atoms. The molecule has 0 aliphatic rings. The van der Waals surface area contributed by atoms with Crippen molar-refractivity contribution in [3.05, 3.63) is 88.2 Å². The van der Waals surface area contributed by atoms with Crippen molar-refractivity contribution in [1.29, 1.82) is 0 Å². The van der Waals surface area contributed by atoms with Crippen LogP contribution in [0.2, 0.25) is 0 Å². The molecule has 1 heterocycles. The predicted octanol–water partition coefficient (Wildman–Crippen LogP) is 4.20. The number of esters is 1. The Labute approximate surface area is 173 Å². The number of nitrogens with zero attached hydrogens (tertiary/aromatic N) is 2. The summed E-state index contributed by atoms with van der Waals surface area (Å²) in [6.45, 7) is -0.781. The van der Waals surface area contributed by atoms with Crippen LogP contribution in [0.3, 0.4) is 0 Å². The first-order valence-corrected chi connectivity index (χ1v) is 8.71. The molecule has 31 heavy (non-hydrogen) atoms. The Morgan fingerprint density at radius 2 is 1.71 bits per heavy atom. The fourth-order valence-electron chi connectivity index (χ4n) is 2.64. The number of rotatable bonds is 6. The van der Waals surface area contributed by atoms with Gasteiger partial charge in [-0.2, -0.15) is 13.2 Å². The van der Waals surface area contributed by atoms with Crippen LogP contribution < -0.4 is 5.32 Å². The van der Waals surface area contributed by atoms with Crippen molar-refractivity contribution in [1.82, 2.24) is 4.57 Å². The van der Waals surface area contributed by atoms with Gasteiger partial charge in [0.05, 0.1) is 16.1 Å². The maximum absolute atomic E-state index is 12.7. The number of alkyl halides is 3. The number of nitrogens with one attached hydrogen (secondary N) is 1. The van der Waals surface area contributed by atoms with Crippen LogP contribution >= 0.6 is 0 Å². The zero-order valence-corrected chi connectivity index (χ0v) is 15.6. The van der Waals surface area contributed by atoms with E-state index in [9.17, 15) is 32.9 Å². The van der Waals surface area contributed by atoms with Crippen molar-refractivity contribution in [3.8, 4) is 5.69 Å². The van der Waals surface area contributed by atoms with E-state index in [1.54, 1.807) is 12.1 Å². The summed E-state index contributed by atoms with van der Waals surface area (Å²) in [6, 6.07) is 11.7. The molecule has 0 saturated heterocycles. The first-order chi connectivity index (χ1) is 14.6. The molecule has 11 heteroatoms. The van der Waals surface area contributed by atoms with Gasteiger partial charge < -0.3 is 14.6 Å². The topological polar surface area (TPSA) is 103 Å². The summed E-state index contributed by atoms with van der Waals surface area (Å²) in [5, 5.41) is 13.1. The number of benzene rings is 2. The molecule has 0 atom stereocenters. The van der Waals surface area contributed by atoms with Gasteiger partial charge in [0.15, 0.2) is 6.61 Å². The van der Waals surface area contributed by atoms with Crippen molar-refractivity contribution in [2.24, 2.45) is 0 Å². The molecule has 0 aliphatic heterocycles. The molecule has 8 nitrogen and oxygen atoms in total. The van der Waals surface area contributed by atoms with Gasteiger partial charge in [0.25, 0.3) is 11.6 Å². The van der Waals surface area contributed by atoms with Crippen LogP contribution in [-0.4, -0.2) is 28.0 Å². The van der Waals surface area contributed by atoms with E-state index in [1.807, 2.05) is 29.1 Å². The van der Waals surface area contributed by atoms with E-state index >= 15 is 0 Å². The van der Waals surface area contributed by atoms with Gasteiger partial charge in [-0.3, -0.25) is 14.9 Å². The first kappa shape index (κ1) is 21.6. The normalized spacial score (nSPS) is 11.1. The van der Waals surface area contributed by atoms with Gasteiger partial charge in [0.1, 0.15) is 5.69 Å². The highest BCUT2D eigenvalue weighted by Crippen LogP contribution is 2.34. The lowest BCUT2D eigenvalue weighted by Gasteiger charge is -2.10. The van der Waals surface area contributed by atoms with Crippen molar-refractivity contribution < 1.29 is 32.4 Å². The van der Waals surface area contributed by atoms with Crippen LogP contribution in [0.25, 0.3) is 5.69 Å². The van der Waals surface area contributed by atoms with Gasteiger partial charge in [-0.05, 0) is 48.5 Å². The lowest BCUT2D eigenvalue weighted by molar-refractivity contribution is -0.384. The molecular formula is C20H14F3N3O5. The van der Waals surface area contributed by atoms with E-state index < -0.39 is 46.5 Å². The van der Waals surface area contributed by atoms with E-state index in [0.717, 1.165) is 11.8 Å². The molecule has 0 saturated carbocycles. The lowest BCUT2D eigenvalue weighted by Crippen LogP contribution is -2.21. The number of ether oxygens (including phenoxy) is 1. The summed E-state index contributed by atoms with van der Waals surface area (Å²) in [6.07, 6.45) is -1.14. The van der Waals surface area contributed by atoms with Crippen LogP contribution in [0.1, 0.15) is 15.9 Å². The molecule has 2 aromatic carbocycles. The Morgan fingerprint density at radius 1 is 1.06 bits per heavy atom. The minimum Gasteiger partial charge on any atom is -0.452 e.